The highest BCUT2D eigenvalue weighted by Gasteiger charge is 2.19. The summed E-state index contributed by atoms with van der Waals surface area (Å²) < 4.78 is 12.5. The average Bonchev–Trinajstić information content (AvgIpc) is 3.42. The largest absolute Gasteiger partial charge is 0.467 e. The van der Waals surface area contributed by atoms with Crippen LogP contribution in [-0.2, 0) is 16.1 Å². The summed E-state index contributed by atoms with van der Waals surface area (Å²) in [4.78, 5) is 43.5. The Bertz CT molecular complexity index is 1280. The maximum absolute atomic E-state index is 13.5. The molecule has 2 amide bonds. The predicted molar refractivity (Wildman–Crippen MR) is 148 cm³/mol. The molecule has 1 saturated carbocycles. The number of hydrogen-bond acceptors (Lipinski definition) is 7. The molecule has 204 valence electrons. The van der Waals surface area contributed by atoms with Crippen LogP contribution in [0.15, 0.2) is 51.0 Å². The van der Waals surface area contributed by atoms with E-state index in [-0.39, 0.29) is 41.8 Å². The van der Waals surface area contributed by atoms with Gasteiger partial charge in [-0.1, -0.05) is 31.0 Å². The second-order valence-corrected chi connectivity index (χ2v) is 10.8. The van der Waals surface area contributed by atoms with Crippen molar-refractivity contribution >= 4 is 34.5 Å². The molecule has 0 unspecified atom stereocenters. The summed E-state index contributed by atoms with van der Waals surface area (Å²) in [6.07, 6.45) is 7.90. The van der Waals surface area contributed by atoms with E-state index in [1.807, 2.05) is 13.8 Å². The number of carbonyl (C=O) groups is 2. The van der Waals surface area contributed by atoms with Crippen LogP contribution in [0.5, 0.6) is 0 Å². The highest BCUT2D eigenvalue weighted by molar-refractivity contribution is 7.99. The third kappa shape index (κ3) is 7.70. The Labute approximate surface area is 226 Å². The second-order valence-electron chi connectivity index (χ2n) is 9.82. The quantitative estimate of drug-likeness (QED) is 0.202. The van der Waals surface area contributed by atoms with Crippen LogP contribution >= 0.6 is 11.8 Å². The van der Waals surface area contributed by atoms with Crippen LogP contribution < -0.4 is 16.2 Å². The van der Waals surface area contributed by atoms with E-state index in [0.29, 0.717) is 47.0 Å². The van der Waals surface area contributed by atoms with Crippen LogP contribution in [0, 0.1) is 0 Å². The number of aromatic nitrogens is 2. The molecule has 1 aromatic carbocycles. The molecular formula is C28H36N4O5S. The van der Waals surface area contributed by atoms with Crippen LogP contribution in [0.3, 0.4) is 0 Å². The Balaban J connectivity index is 1.52. The minimum atomic E-state index is -0.251. The van der Waals surface area contributed by atoms with Crippen LogP contribution in [0.2, 0.25) is 0 Å². The molecule has 0 atom stereocenters. The molecule has 38 heavy (non-hydrogen) atoms. The molecule has 0 aliphatic heterocycles. The van der Waals surface area contributed by atoms with Gasteiger partial charge in [0.2, 0.25) is 5.91 Å². The Hall–Kier alpha value is -3.11. The van der Waals surface area contributed by atoms with Gasteiger partial charge in [0.05, 0.1) is 35.6 Å². The second kappa shape index (κ2) is 13.6. The van der Waals surface area contributed by atoms with Crippen LogP contribution in [0.25, 0.3) is 10.9 Å². The smallest absolute Gasteiger partial charge is 0.262 e. The zero-order valence-corrected chi connectivity index (χ0v) is 22.9. The van der Waals surface area contributed by atoms with E-state index in [9.17, 15) is 14.4 Å². The topological polar surface area (TPSA) is 115 Å². The maximum Gasteiger partial charge on any atom is 0.262 e. The van der Waals surface area contributed by atoms with Crippen LogP contribution in [0.4, 0.5) is 0 Å². The summed E-state index contributed by atoms with van der Waals surface area (Å²) in [6.45, 7) is 5.19. The molecule has 0 bridgehead atoms. The van der Waals surface area contributed by atoms with Gasteiger partial charge in [0.15, 0.2) is 5.16 Å². The lowest BCUT2D eigenvalue weighted by molar-refractivity contribution is -0.119. The minimum absolute atomic E-state index is 0.0737. The van der Waals surface area contributed by atoms with Gasteiger partial charge in [0.25, 0.3) is 11.5 Å². The number of amides is 2. The summed E-state index contributed by atoms with van der Waals surface area (Å²) in [6, 6.07) is 8.65. The first-order valence-electron chi connectivity index (χ1n) is 13.3. The van der Waals surface area contributed by atoms with Crippen LogP contribution in [0.1, 0.15) is 68.5 Å². The molecule has 0 saturated heterocycles. The molecule has 2 heterocycles. The Morgan fingerprint density at radius 3 is 2.76 bits per heavy atom. The van der Waals surface area contributed by atoms with E-state index < -0.39 is 0 Å². The van der Waals surface area contributed by atoms with E-state index in [0.717, 1.165) is 25.7 Å². The summed E-state index contributed by atoms with van der Waals surface area (Å²) in [5.74, 6) is 0.444. The zero-order chi connectivity index (χ0) is 26.9. The van der Waals surface area contributed by atoms with Gasteiger partial charge < -0.3 is 19.8 Å². The highest BCUT2D eigenvalue weighted by atomic mass is 32.2. The van der Waals surface area contributed by atoms with Crippen molar-refractivity contribution in [3.8, 4) is 0 Å². The lowest BCUT2D eigenvalue weighted by atomic mass is 9.95. The number of fused-ring (bicyclic) bond motifs is 1. The number of carbonyl (C=O) groups excluding carboxylic acids is 2. The van der Waals surface area contributed by atoms with Crippen molar-refractivity contribution in [1.82, 2.24) is 20.2 Å². The predicted octanol–water partition coefficient (Wildman–Crippen LogP) is 4.12. The molecule has 4 rings (SSSR count). The molecule has 0 radical (unpaired) electrons. The summed E-state index contributed by atoms with van der Waals surface area (Å²) >= 11 is 1.21. The number of furan rings is 1. The SMILES string of the molecule is CC(C)OCCCNC(=O)c1ccc2c(=O)n(Cc3ccco3)c(SCC(=O)NC3CCCCC3)nc2c1. The first kappa shape index (κ1) is 27.9. The van der Waals surface area contributed by atoms with Crippen molar-refractivity contribution in [2.24, 2.45) is 0 Å². The zero-order valence-electron chi connectivity index (χ0n) is 22.0. The lowest BCUT2D eigenvalue weighted by Gasteiger charge is -2.22. The Morgan fingerprint density at radius 1 is 1.21 bits per heavy atom. The van der Waals surface area contributed by atoms with Gasteiger partial charge in [-0.05, 0) is 63.4 Å². The van der Waals surface area contributed by atoms with Crippen molar-refractivity contribution in [2.45, 2.75) is 76.2 Å². The van der Waals surface area contributed by atoms with Crippen LogP contribution in [-0.4, -0.2) is 52.4 Å². The summed E-state index contributed by atoms with van der Waals surface area (Å²) in [7, 11) is 0. The standard InChI is InChI=1S/C28H36N4O5S/c1-19(2)36-15-7-13-29-26(34)20-11-12-23-24(16-20)31-28(32(27(23)35)17-22-10-6-14-37-22)38-18-25(33)30-21-8-4-3-5-9-21/h6,10-12,14,16,19,21H,3-5,7-9,13,15,17-18H2,1-2H3,(H,29,34)(H,30,33). The van der Waals surface area contributed by atoms with Crippen molar-refractivity contribution in [3.63, 3.8) is 0 Å². The van der Waals surface area contributed by atoms with Gasteiger partial charge in [-0.25, -0.2) is 4.98 Å². The monoisotopic (exact) mass is 540 g/mol. The molecular weight excluding hydrogens is 504 g/mol. The number of nitrogens with one attached hydrogen (secondary N) is 2. The van der Waals surface area contributed by atoms with Gasteiger partial charge in [-0.3, -0.25) is 19.0 Å². The van der Waals surface area contributed by atoms with Crippen molar-refractivity contribution in [2.75, 3.05) is 18.9 Å². The molecule has 2 N–H and O–H groups in total. The first-order chi connectivity index (χ1) is 18.4. The van der Waals surface area contributed by atoms with E-state index in [1.165, 1.54) is 22.7 Å². The normalized spacial score (nSPS) is 14.2. The lowest BCUT2D eigenvalue weighted by Crippen LogP contribution is -2.37. The molecule has 0 spiro atoms. The van der Waals surface area contributed by atoms with Crippen molar-refractivity contribution < 1.29 is 18.7 Å². The number of thioether (sulfide) groups is 1. The number of nitrogens with zero attached hydrogens (tertiary/aromatic N) is 2. The molecule has 10 heteroatoms. The molecule has 3 aromatic rings. The number of ether oxygens (including phenoxy) is 1. The minimum Gasteiger partial charge on any atom is -0.467 e. The molecule has 1 fully saturated rings. The third-order valence-electron chi connectivity index (χ3n) is 6.44. The first-order valence-corrected chi connectivity index (χ1v) is 14.3. The van der Waals surface area contributed by atoms with Crippen molar-refractivity contribution in [1.29, 1.82) is 0 Å². The van der Waals surface area contributed by atoms with Gasteiger partial charge in [-0.15, -0.1) is 0 Å². The van der Waals surface area contributed by atoms with Gasteiger partial charge in [0.1, 0.15) is 5.76 Å². The molecule has 9 nitrogen and oxygen atoms in total. The van der Waals surface area contributed by atoms with Gasteiger partial charge >= 0.3 is 0 Å². The van der Waals surface area contributed by atoms with E-state index in [2.05, 4.69) is 10.6 Å². The Kier molecular flexibility index (Phi) is 10.0. The number of rotatable bonds is 12. The molecule has 2 aromatic heterocycles. The fourth-order valence-electron chi connectivity index (χ4n) is 4.49. The third-order valence-corrected chi connectivity index (χ3v) is 7.41. The average molecular weight is 541 g/mol. The molecule has 1 aliphatic carbocycles. The number of hydrogen-bond donors (Lipinski definition) is 2. The van der Waals surface area contributed by atoms with Gasteiger partial charge in [-0.2, -0.15) is 0 Å². The fourth-order valence-corrected chi connectivity index (χ4v) is 5.30. The summed E-state index contributed by atoms with van der Waals surface area (Å²) in [5, 5.41) is 6.80. The highest BCUT2D eigenvalue weighted by Crippen LogP contribution is 2.21. The fraction of sp³-hybridized carbons (Fsp3) is 0.500. The van der Waals surface area contributed by atoms with Gasteiger partial charge in [0, 0.05) is 24.8 Å². The van der Waals surface area contributed by atoms with E-state index in [4.69, 9.17) is 14.1 Å². The number of benzene rings is 1. The van der Waals surface area contributed by atoms with Crippen molar-refractivity contribution in [3.05, 3.63) is 58.3 Å². The maximum atomic E-state index is 13.5. The summed E-state index contributed by atoms with van der Waals surface area (Å²) in [5.41, 5.74) is 0.583. The molecule has 1 aliphatic rings. The van der Waals surface area contributed by atoms with E-state index in [1.54, 1.807) is 36.6 Å². The van der Waals surface area contributed by atoms with E-state index >= 15 is 0 Å². The Morgan fingerprint density at radius 2 is 2.03 bits per heavy atom.